The molecule has 252 valence electrons. The zero-order valence-electron chi connectivity index (χ0n) is 29.0. The van der Waals surface area contributed by atoms with Gasteiger partial charge in [0.25, 0.3) is 0 Å². The van der Waals surface area contributed by atoms with Gasteiger partial charge in [0, 0.05) is 29.6 Å². The van der Waals surface area contributed by atoms with Crippen molar-refractivity contribution < 1.29 is 13.1 Å². The van der Waals surface area contributed by atoms with Gasteiger partial charge in [-0.05, 0) is 103 Å². The van der Waals surface area contributed by atoms with E-state index in [0.29, 0.717) is 22.8 Å². The van der Waals surface area contributed by atoms with Crippen LogP contribution in [0, 0.1) is 6.92 Å². The molecule has 0 unspecified atom stereocenters. The van der Waals surface area contributed by atoms with E-state index in [0.717, 1.165) is 70.9 Å². The first kappa shape index (κ1) is 31.2. The highest BCUT2D eigenvalue weighted by atomic mass is 19.2. The zero-order valence-corrected chi connectivity index (χ0v) is 29.0. The Kier molecular flexibility index (Phi) is 7.06. The minimum Gasteiger partial charge on any atom is -0.390 e. The molecule has 0 spiro atoms. The Morgan fingerprint density at radius 2 is 1.02 bits per heavy atom. The van der Waals surface area contributed by atoms with Crippen molar-refractivity contribution in [3.05, 3.63) is 203 Å². The van der Waals surface area contributed by atoms with Gasteiger partial charge in [-0.25, -0.2) is 0 Å². The molecule has 5 heteroatoms. The molecule has 2 nitrogen and oxygen atoms in total. The van der Waals surface area contributed by atoms with E-state index >= 15 is 8.63 Å². The Morgan fingerprint density at radius 1 is 0.528 bits per heavy atom. The summed E-state index contributed by atoms with van der Waals surface area (Å²) in [5.41, 5.74) is 6.71. The lowest BCUT2D eigenvalue weighted by Crippen LogP contribution is -2.51. The fraction of sp³-hybridized carbons (Fsp3) is 0.0208. The predicted molar refractivity (Wildman–Crippen MR) is 220 cm³/mol. The minimum atomic E-state index is -4.30. The Balaban J connectivity index is 1.17. The molecule has 0 aliphatic carbocycles. The van der Waals surface area contributed by atoms with Gasteiger partial charge in [0.15, 0.2) is 11.4 Å². The largest absolute Gasteiger partial charge is 0.737 e. The SMILES string of the molecule is Cc1ccc(C2=C3C=CC(/C=C/c4c5ccccc5cc5ccccc45)=[N+]3[B-](F)(F)n3c(/C=C/c4c5ccccc5cc5ccccc45)ccc32)cc1. The lowest BCUT2D eigenvalue weighted by Gasteiger charge is -2.33. The molecule has 3 heterocycles. The molecule has 0 saturated heterocycles. The van der Waals surface area contributed by atoms with Crippen molar-refractivity contribution in [3.8, 4) is 0 Å². The summed E-state index contributed by atoms with van der Waals surface area (Å²) in [6.45, 7) is -2.26. The van der Waals surface area contributed by atoms with E-state index in [9.17, 15) is 0 Å². The predicted octanol–water partition coefficient (Wildman–Crippen LogP) is 12.3. The number of hydrogen-bond acceptors (Lipinski definition) is 0. The Labute approximate surface area is 306 Å². The van der Waals surface area contributed by atoms with Crippen LogP contribution in [0.4, 0.5) is 8.63 Å². The third-order valence-corrected chi connectivity index (χ3v) is 10.8. The number of nitrogens with zero attached hydrogens (tertiary/aromatic N) is 2. The fourth-order valence-electron chi connectivity index (χ4n) is 8.36. The average Bonchev–Trinajstić information content (AvgIpc) is 3.82. The van der Waals surface area contributed by atoms with Gasteiger partial charge in [0.1, 0.15) is 0 Å². The first-order valence-electron chi connectivity index (χ1n) is 18.0. The summed E-state index contributed by atoms with van der Waals surface area (Å²) in [6.07, 6.45) is 11.4. The first-order chi connectivity index (χ1) is 26.0. The standard InChI is InChI=1S/C48H33BF2N2/c1-32-18-20-33(21-19-32)48-46-28-24-38(22-26-44-40-14-6-2-10-34(40)30-35-11-3-7-15-41(35)44)52(46)49(50,51)53-39(25-29-47(48)53)23-27-45-42-16-8-4-12-36(42)31-37-13-5-9-17-43(37)45/h2-31H,1H3/b26-22+,27-23+. The Morgan fingerprint density at radius 3 is 1.55 bits per heavy atom. The van der Waals surface area contributed by atoms with Crippen LogP contribution in [-0.2, 0) is 0 Å². The molecule has 7 aromatic carbocycles. The molecule has 1 aromatic heterocycles. The number of benzene rings is 7. The number of fused-ring (bicyclic) bond motifs is 6. The molecule has 0 fully saturated rings. The van der Waals surface area contributed by atoms with Crippen LogP contribution in [0.3, 0.4) is 0 Å². The maximum absolute atomic E-state index is 17.5. The van der Waals surface area contributed by atoms with Crippen LogP contribution in [0.25, 0.3) is 66.9 Å². The van der Waals surface area contributed by atoms with Gasteiger partial charge >= 0.3 is 6.97 Å². The summed E-state index contributed by atoms with van der Waals surface area (Å²) in [7, 11) is 0. The molecule has 53 heavy (non-hydrogen) atoms. The summed E-state index contributed by atoms with van der Waals surface area (Å²) < 4.78 is 37.5. The van der Waals surface area contributed by atoms with Crippen molar-refractivity contribution in [2.45, 2.75) is 6.92 Å². The molecular formula is C48H33BF2N2. The smallest absolute Gasteiger partial charge is 0.390 e. The molecule has 0 bridgehead atoms. The Hall–Kier alpha value is -6.59. The third-order valence-electron chi connectivity index (χ3n) is 10.8. The molecular weight excluding hydrogens is 653 g/mol. The van der Waals surface area contributed by atoms with Crippen molar-refractivity contribution in [3.63, 3.8) is 0 Å². The van der Waals surface area contributed by atoms with Crippen LogP contribution in [0.1, 0.15) is 33.6 Å². The van der Waals surface area contributed by atoms with E-state index in [1.54, 1.807) is 0 Å². The average molecular weight is 687 g/mol. The fourth-order valence-corrected chi connectivity index (χ4v) is 8.36. The number of allylic oxidation sites excluding steroid dienone is 3. The lowest BCUT2D eigenvalue weighted by molar-refractivity contribution is -0.360. The molecule has 2 aliphatic heterocycles. The molecule has 2 aliphatic rings. The van der Waals surface area contributed by atoms with E-state index in [1.807, 2.05) is 128 Å². The van der Waals surface area contributed by atoms with Crippen LogP contribution >= 0.6 is 0 Å². The molecule has 0 N–H and O–H groups in total. The summed E-state index contributed by atoms with van der Waals surface area (Å²) in [4.78, 5) is 0. The number of hydrogen-bond donors (Lipinski definition) is 0. The van der Waals surface area contributed by atoms with Gasteiger partial charge in [-0.3, -0.25) is 0 Å². The quantitative estimate of drug-likeness (QED) is 0.126. The number of aryl methyl sites for hydroxylation is 1. The highest BCUT2D eigenvalue weighted by molar-refractivity contribution is 6.58. The van der Waals surface area contributed by atoms with Gasteiger partial charge in [-0.2, -0.15) is 0 Å². The summed E-state index contributed by atoms with van der Waals surface area (Å²) in [5.74, 6) is 0. The highest BCUT2D eigenvalue weighted by Crippen LogP contribution is 2.42. The normalized spacial score (nSPS) is 15.2. The second kappa shape index (κ2) is 12.0. The molecule has 0 atom stereocenters. The molecule has 0 radical (unpaired) electrons. The summed E-state index contributed by atoms with van der Waals surface area (Å²) >= 11 is 0. The van der Waals surface area contributed by atoms with Crippen molar-refractivity contribution in [2.75, 3.05) is 0 Å². The van der Waals surface area contributed by atoms with Crippen molar-refractivity contribution in [2.24, 2.45) is 0 Å². The molecule has 8 aromatic rings. The topological polar surface area (TPSA) is 7.94 Å². The third kappa shape index (κ3) is 4.96. The van der Waals surface area contributed by atoms with Crippen molar-refractivity contribution in [1.82, 2.24) is 4.48 Å². The maximum atomic E-state index is 17.5. The van der Waals surface area contributed by atoms with E-state index < -0.39 is 6.97 Å². The van der Waals surface area contributed by atoms with Gasteiger partial charge < -0.3 is 17.6 Å². The number of rotatable bonds is 5. The number of aromatic nitrogens is 1. The molecule has 10 rings (SSSR count). The van der Waals surface area contributed by atoms with Crippen LogP contribution < -0.4 is 0 Å². The van der Waals surface area contributed by atoms with Crippen molar-refractivity contribution in [1.29, 1.82) is 0 Å². The van der Waals surface area contributed by atoms with Gasteiger partial charge in [0.05, 0.1) is 5.57 Å². The van der Waals surface area contributed by atoms with E-state index in [-0.39, 0.29) is 0 Å². The van der Waals surface area contributed by atoms with Gasteiger partial charge in [-0.15, -0.1) is 0 Å². The molecule has 0 amide bonds. The first-order valence-corrected chi connectivity index (χ1v) is 18.0. The second-order valence-corrected chi connectivity index (χ2v) is 14.0. The zero-order chi connectivity index (χ0) is 35.7. The van der Waals surface area contributed by atoms with E-state index in [1.165, 1.54) is 8.96 Å². The summed E-state index contributed by atoms with van der Waals surface area (Å²) in [6, 6.07) is 49.2. The van der Waals surface area contributed by atoms with Crippen LogP contribution in [-0.4, -0.2) is 21.6 Å². The maximum Gasteiger partial charge on any atom is 0.737 e. The minimum absolute atomic E-state index is 0.445. The van der Waals surface area contributed by atoms with Gasteiger partial charge in [0.2, 0.25) is 0 Å². The van der Waals surface area contributed by atoms with E-state index in [4.69, 9.17) is 0 Å². The van der Waals surface area contributed by atoms with Gasteiger partial charge in [-0.1, -0.05) is 133 Å². The lowest BCUT2D eigenvalue weighted by atomic mass is 9.85. The van der Waals surface area contributed by atoms with Crippen LogP contribution in [0.15, 0.2) is 170 Å². The van der Waals surface area contributed by atoms with E-state index in [2.05, 4.69) is 60.7 Å². The van der Waals surface area contributed by atoms with Crippen molar-refractivity contribution >= 4 is 79.6 Å². The summed E-state index contributed by atoms with van der Waals surface area (Å²) in [5, 5.41) is 8.77. The molecule has 0 saturated carbocycles. The van der Waals surface area contributed by atoms with Crippen LogP contribution in [0.2, 0.25) is 0 Å². The highest BCUT2D eigenvalue weighted by Gasteiger charge is 2.54. The monoisotopic (exact) mass is 686 g/mol. The van der Waals surface area contributed by atoms with Crippen LogP contribution in [0.5, 0.6) is 0 Å². The second-order valence-electron chi connectivity index (χ2n) is 14.0. The number of halogens is 2. The Bertz CT molecular complexity index is 2870.